The van der Waals surface area contributed by atoms with E-state index in [2.05, 4.69) is 6.92 Å². The Morgan fingerprint density at radius 3 is 2.67 bits per heavy atom. The number of piperidine rings is 1. The Morgan fingerprint density at radius 2 is 2.11 bits per heavy atom. The Labute approximate surface area is 110 Å². The summed E-state index contributed by atoms with van der Waals surface area (Å²) in [7, 11) is 1.74. The van der Waals surface area contributed by atoms with E-state index in [4.69, 9.17) is 10.5 Å². The van der Waals surface area contributed by atoms with Gasteiger partial charge >= 0.3 is 0 Å². The number of hydrogen-bond acceptors (Lipinski definition) is 3. The molecular weight excluding hydrogens is 228 g/mol. The second-order valence-corrected chi connectivity index (χ2v) is 5.98. The lowest BCUT2D eigenvalue weighted by Crippen LogP contribution is -2.53. The van der Waals surface area contributed by atoms with Crippen LogP contribution in [-0.4, -0.2) is 43.7 Å². The van der Waals surface area contributed by atoms with Crippen LogP contribution in [0.3, 0.4) is 0 Å². The third-order valence-corrected chi connectivity index (χ3v) is 4.88. The molecule has 4 heteroatoms. The molecule has 2 rings (SSSR count). The van der Waals surface area contributed by atoms with Crippen molar-refractivity contribution < 1.29 is 9.53 Å². The smallest absolute Gasteiger partial charge is 0.230 e. The molecule has 4 nitrogen and oxygen atoms in total. The van der Waals surface area contributed by atoms with E-state index in [1.54, 1.807) is 7.11 Å². The monoisotopic (exact) mass is 254 g/mol. The van der Waals surface area contributed by atoms with Gasteiger partial charge in [-0.2, -0.15) is 0 Å². The van der Waals surface area contributed by atoms with Crippen LogP contribution in [0.2, 0.25) is 0 Å². The second kappa shape index (κ2) is 5.57. The zero-order chi connectivity index (χ0) is 13.2. The zero-order valence-corrected chi connectivity index (χ0v) is 11.7. The molecule has 1 heterocycles. The summed E-state index contributed by atoms with van der Waals surface area (Å²) in [6, 6.07) is 0. The van der Waals surface area contributed by atoms with Gasteiger partial charge in [0.1, 0.15) is 0 Å². The highest BCUT2D eigenvalue weighted by Crippen LogP contribution is 2.39. The molecule has 18 heavy (non-hydrogen) atoms. The van der Waals surface area contributed by atoms with Gasteiger partial charge in [-0.25, -0.2) is 0 Å². The number of methoxy groups -OCH3 is 1. The van der Waals surface area contributed by atoms with Gasteiger partial charge in [0.25, 0.3) is 0 Å². The van der Waals surface area contributed by atoms with E-state index in [9.17, 15) is 4.79 Å². The van der Waals surface area contributed by atoms with E-state index >= 15 is 0 Å². The van der Waals surface area contributed by atoms with Crippen molar-refractivity contribution in [1.29, 1.82) is 0 Å². The highest BCUT2D eigenvalue weighted by Gasteiger charge is 2.43. The first-order valence-electron chi connectivity index (χ1n) is 7.15. The maximum absolute atomic E-state index is 12.7. The maximum Gasteiger partial charge on any atom is 0.230 e. The topological polar surface area (TPSA) is 55.6 Å². The maximum atomic E-state index is 12.7. The highest BCUT2D eigenvalue weighted by molar-refractivity contribution is 5.83. The number of rotatable bonds is 3. The number of ether oxygens (including phenoxy) is 1. The quantitative estimate of drug-likeness (QED) is 0.828. The van der Waals surface area contributed by atoms with E-state index in [1.165, 1.54) is 0 Å². The molecule has 1 aliphatic carbocycles. The molecule has 2 N–H and O–H groups in total. The Bertz CT molecular complexity index is 300. The zero-order valence-electron chi connectivity index (χ0n) is 11.7. The molecule has 1 amide bonds. The lowest BCUT2D eigenvalue weighted by atomic mass is 9.83. The van der Waals surface area contributed by atoms with Crippen LogP contribution in [-0.2, 0) is 9.53 Å². The first-order valence-corrected chi connectivity index (χ1v) is 7.15. The summed E-state index contributed by atoms with van der Waals surface area (Å²) in [6.07, 6.45) is 5.42. The fraction of sp³-hybridized carbons (Fsp3) is 0.929. The molecule has 1 aliphatic heterocycles. The molecule has 1 saturated heterocycles. The van der Waals surface area contributed by atoms with Gasteiger partial charge in [-0.3, -0.25) is 4.79 Å². The summed E-state index contributed by atoms with van der Waals surface area (Å²) in [4.78, 5) is 14.7. The number of nitrogens with zero attached hydrogens (tertiary/aromatic N) is 1. The number of likely N-dealkylation sites (tertiary alicyclic amines) is 1. The Balaban J connectivity index is 2.04. The van der Waals surface area contributed by atoms with Crippen LogP contribution in [0.25, 0.3) is 0 Å². The predicted molar refractivity (Wildman–Crippen MR) is 71.1 cm³/mol. The SMILES string of the molecule is COC1CN(C(=O)C2(CN)CCCC2)CCC1C. The summed E-state index contributed by atoms with van der Waals surface area (Å²) in [5.41, 5.74) is 5.63. The third-order valence-electron chi connectivity index (χ3n) is 4.88. The minimum atomic E-state index is -0.265. The van der Waals surface area contributed by atoms with Crippen LogP contribution in [0.4, 0.5) is 0 Å². The van der Waals surface area contributed by atoms with Gasteiger partial charge in [-0.15, -0.1) is 0 Å². The molecule has 104 valence electrons. The van der Waals surface area contributed by atoms with Gasteiger partial charge in [0.2, 0.25) is 5.91 Å². The molecular formula is C14H26N2O2. The van der Waals surface area contributed by atoms with E-state index in [0.717, 1.165) is 45.2 Å². The molecule has 0 aromatic carbocycles. The van der Waals surface area contributed by atoms with Crippen LogP contribution < -0.4 is 5.73 Å². The number of carbonyl (C=O) groups excluding carboxylic acids is 1. The minimum Gasteiger partial charge on any atom is -0.379 e. The van der Waals surface area contributed by atoms with E-state index in [-0.39, 0.29) is 17.4 Å². The van der Waals surface area contributed by atoms with Crippen LogP contribution in [0.5, 0.6) is 0 Å². The van der Waals surface area contributed by atoms with Gasteiger partial charge in [0.05, 0.1) is 11.5 Å². The molecule has 2 unspecified atom stereocenters. The average Bonchev–Trinajstić information content (AvgIpc) is 2.88. The summed E-state index contributed by atoms with van der Waals surface area (Å²) in [5.74, 6) is 0.813. The summed E-state index contributed by atoms with van der Waals surface area (Å²) in [6.45, 7) is 4.29. The predicted octanol–water partition coefficient (Wildman–Crippen LogP) is 1.39. The molecule has 2 atom stereocenters. The van der Waals surface area contributed by atoms with Gasteiger partial charge in [-0.1, -0.05) is 19.8 Å². The van der Waals surface area contributed by atoms with Crippen molar-refractivity contribution in [3.05, 3.63) is 0 Å². The van der Waals surface area contributed by atoms with Crippen molar-refractivity contribution in [3.63, 3.8) is 0 Å². The van der Waals surface area contributed by atoms with Gasteiger partial charge in [0.15, 0.2) is 0 Å². The molecule has 0 spiro atoms. The van der Waals surface area contributed by atoms with Gasteiger partial charge in [-0.05, 0) is 25.2 Å². The number of amides is 1. The van der Waals surface area contributed by atoms with Crippen molar-refractivity contribution in [3.8, 4) is 0 Å². The lowest BCUT2D eigenvalue weighted by Gasteiger charge is -2.40. The van der Waals surface area contributed by atoms with Gasteiger partial charge in [0, 0.05) is 26.7 Å². The Kier molecular flexibility index (Phi) is 4.28. The number of hydrogen-bond donors (Lipinski definition) is 1. The normalized spacial score (nSPS) is 31.6. The third kappa shape index (κ3) is 2.41. The van der Waals surface area contributed by atoms with E-state index < -0.39 is 0 Å². The number of carbonyl (C=O) groups is 1. The molecule has 2 fully saturated rings. The minimum absolute atomic E-state index is 0.180. The van der Waals surface area contributed by atoms with Gasteiger partial charge < -0.3 is 15.4 Å². The van der Waals surface area contributed by atoms with Crippen LogP contribution >= 0.6 is 0 Å². The number of nitrogens with two attached hydrogens (primary N) is 1. The molecule has 0 aromatic heterocycles. The van der Waals surface area contributed by atoms with Crippen LogP contribution in [0, 0.1) is 11.3 Å². The van der Waals surface area contributed by atoms with Crippen molar-refractivity contribution in [2.24, 2.45) is 17.1 Å². The summed E-state index contributed by atoms with van der Waals surface area (Å²) >= 11 is 0. The lowest BCUT2D eigenvalue weighted by molar-refractivity contribution is -0.146. The van der Waals surface area contributed by atoms with Crippen molar-refractivity contribution in [2.45, 2.75) is 45.1 Å². The van der Waals surface area contributed by atoms with Crippen LogP contribution in [0.1, 0.15) is 39.0 Å². The summed E-state index contributed by atoms with van der Waals surface area (Å²) in [5, 5.41) is 0. The average molecular weight is 254 g/mol. The fourth-order valence-electron chi connectivity index (χ4n) is 3.42. The largest absolute Gasteiger partial charge is 0.379 e. The standard InChI is InChI=1S/C14H26N2O2/c1-11-5-8-16(9-12(11)18-2)13(17)14(10-15)6-3-4-7-14/h11-12H,3-10,15H2,1-2H3. The first kappa shape index (κ1) is 13.8. The highest BCUT2D eigenvalue weighted by atomic mass is 16.5. The fourth-order valence-corrected chi connectivity index (χ4v) is 3.42. The van der Waals surface area contributed by atoms with E-state index in [1.807, 2.05) is 4.90 Å². The molecule has 0 bridgehead atoms. The second-order valence-electron chi connectivity index (χ2n) is 5.98. The first-order chi connectivity index (χ1) is 8.63. The Morgan fingerprint density at radius 1 is 1.44 bits per heavy atom. The van der Waals surface area contributed by atoms with Crippen LogP contribution in [0.15, 0.2) is 0 Å². The molecule has 2 aliphatic rings. The van der Waals surface area contributed by atoms with Crippen molar-refractivity contribution in [1.82, 2.24) is 4.90 Å². The van der Waals surface area contributed by atoms with Crippen molar-refractivity contribution in [2.75, 3.05) is 26.7 Å². The van der Waals surface area contributed by atoms with Crippen molar-refractivity contribution >= 4 is 5.91 Å². The Hall–Kier alpha value is -0.610. The summed E-state index contributed by atoms with van der Waals surface area (Å²) < 4.78 is 5.49. The van der Waals surface area contributed by atoms with E-state index in [0.29, 0.717) is 12.5 Å². The molecule has 1 saturated carbocycles. The molecule has 0 aromatic rings. The molecule has 0 radical (unpaired) electrons.